The van der Waals surface area contributed by atoms with Crippen molar-refractivity contribution >= 4 is 19.1 Å². The second kappa shape index (κ2) is 4.84. The number of aliphatic hydroxyl groups is 1. The molecular weight excluding hydrogens is 203 g/mol. The number of aliphatic carboxylic acids is 1. The van der Waals surface area contributed by atoms with Gasteiger partial charge >= 0.3 is 13.8 Å². The smallest absolute Gasteiger partial charge is 0.394 e. The Morgan fingerprint density at radius 3 is 2.36 bits per heavy atom. The van der Waals surface area contributed by atoms with Gasteiger partial charge < -0.3 is 10.2 Å². The van der Waals surface area contributed by atoms with E-state index in [-0.39, 0.29) is 0 Å². The quantitative estimate of drug-likeness (QED) is 0.717. The zero-order chi connectivity index (χ0) is 10.6. The van der Waals surface area contributed by atoms with E-state index in [2.05, 4.69) is 0 Å². The molecule has 14 heavy (non-hydrogen) atoms. The molecule has 0 amide bonds. The van der Waals surface area contributed by atoms with E-state index in [4.69, 9.17) is 10.2 Å². The van der Waals surface area contributed by atoms with E-state index in [1.165, 1.54) is 0 Å². The van der Waals surface area contributed by atoms with Gasteiger partial charge in [0, 0.05) is 0 Å². The lowest BCUT2D eigenvalue weighted by Gasteiger charge is -1.96. The van der Waals surface area contributed by atoms with Crippen molar-refractivity contribution in [2.75, 3.05) is 6.61 Å². The van der Waals surface area contributed by atoms with Crippen LogP contribution in [0.2, 0.25) is 0 Å². The van der Waals surface area contributed by atoms with Crippen molar-refractivity contribution in [3.05, 3.63) is 30.3 Å². The van der Waals surface area contributed by atoms with Gasteiger partial charge in [-0.3, -0.25) is 0 Å². The summed E-state index contributed by atoms with van der Waals surface area (Å²) in [5.41, 5.74) is -1.22. The molecule has 74 valence electrons. The normalized spacial score (nSPS) is 13.4. The number of carboxylic acid groups (broad SMARTS) is 1. The Balaban J connectivity index is 2.89. The van der Waals surface area contributed by atoms with Crippen molar-refractivity contribution < 1.29 is 19.6 Å². The van der Waals surface area contributed by atoms with Crippen LogP contribution in [-0.2, 0) is 9.36 Å². The number of rotatable bonds is 4. The van der Waals surface area contributed by atoms with E-state index in [0.29, 0.717) is 5.30 Å². The fourth-order valence-corrected chi connectivity index (χ4v) is 2.18. The predicted octanol–water partition coefficient (Wildman–Crippen LogP) is 0.585. The van der Waals surface area contributed by atoms with Crippen LogP contribution in [-0.4, -0.2) is 28.4 Å². The van der Waals surface area contributed by atoms with Gasteiger partial charge in [0.25, 0.3) is 5.66 Å². The van der Waals surface area contributed by atoms with Crippen LogP contribution in [0.5, 0.6) is 0 Å². The second-order valence-electron chi connectivity index (χ2n) is 2.70. The summed E-state index contributed by atoms with van der Waals surface area (Å²) in [5, 5.41) is 17.9. The molecule has 1 rings (SSSR count). The van der Waals surface area contributed by atoms with Crippen LogP contribution in [0.15, 0.2) is 30.3 Å². The molecule has 0 saturated heterocycles. The lowest BCUT2D eigenvalue weighted by Crippen LogP contribution is -2.23. The molecule has 0 saturated carbocycles. The van der Waals surface area contributed by atoms with E-state index in [0.717, 1.165) is 0 Å². The first-order valence-corrected chi connectivity index (χ1v) is 5.34. The van der Waals surface area contributed by atoms with Crippen molar-refractivity contribution in [3.63, 3.8) is 0 Å². The highest BCUT2D eigenvalue weighted by molar-refractivity contribution is 7.55. The number of aliphatic hydroxyl groups excluding tert-OH is 1. The topological polar surface area (TPSA) is 74.6 Å². The lowest BCUT2D eigenvalue weighted by atomic mass is 10.4. The second-order valence-corrected chi connectivity index (χ2v) is 4.49. The molecule has 2 N–H and O–H groups in total. The van der Waals surface area contributed by atoms with Crippen molar-refractivity contribution in [2.45, 2.75) is 5.66 Å². The number of carbonyl (C=O) groups is 1. The van der Waals surface area contributed by atoms with Crippen LogP contribution in [0.25, 0.3) is 0 Å². The van der Waals surface area contributed by atoms with Crippen LogP contribution in [0.3, 0.4) is 0 Å². The maximum Gasteiger partial charge on any atom is 0.394 e. The minimum Gasteiger partial charge on any atom is -0.478 e. The minimum atomic E-state index is -2.08. The molecule has 0 bridgehead atoms. The fourth-order valence-electron chi connectivity index (χ4n) is 1.01. The summed E-state index contributed by atoms with van der Waals surface area (Å²) in [5.74, 6) is -1.24. The zero-order valence-electron chi connectivity index (χ0n) is 7.33. The Kier molecular flexibility index (Phi) is 3.74. The Bertz CT molecular complexity index is 336. The van der Waals surface area contributed by atoms with Crippen LogP contribution in [0.4, 0.5) is 0 Å². The molecule has 0 heterocycles. The van der Waals surface area contributed by atoms with Crippen LogP contribution >= 0.6 is 7.80 Å². The number of benzene rings is 1. The summed E-state index contributed by atoms with van der Waals surface area (Å²) in [4.78, 5) is 10.6. The van der Waals surface area contributed by atoms with E-state index >= 15 is 0 Å². The first kappa shape index (κ1) is 10.8. The fraction of sp³-hybridized carbons (Fsp3) is 0.222. The van der Waals surface area contributed by atoms with E-state index < -0.39 is 26.0 Å². The Hall–Kier alpha value is -1.25. The Labute approximate surface area is 82.0 Å². The summed E-state index contributed by atoms with van der Waals surface area (Å²) in [7, 11) is -2.08. The molecule has 0 radical (unpaired) electrons. The molecule has 4 nitrogen and oxygen atoms in total. The molecule has 5 heteroatoms. The highest BCUT2D eigenvalue weighted by Crippen LogP contribution is 2.26. The molecule has 1 aromatic rings. The Morgan fingerprint density at radius 1 is 1.36 bits per heavy atom. The Morgan fingerprint density at radius 2 is 1.93 bits per heavy atom. The van der Waals surface area contributed by atoms with Gasteiger partial charge in [0.2, 0.25) is 0 Å². The molecule has 2 atom stereocenters. The minimum absolute atomic E-state index is 0.448. The zero-order valence-corrected chi connectivity index (χ0v) is 8.22. The molecule has 0 aromatic heterocycles. The van der Waals surface area contributed by atoms with E-state index in [1.807, 2.05) is 0 Å². The van der Waals surface area contributed by atoms with Gasteiger partial charge in [0.05, 0.1) is 0 Å². The monoisotopic (exact) mass is 213 g/mol. The first-order chi connectivity index (χ1) is 6.66. The molecule has 0 spiro atoms. The van der Waals surface area contributed by atoms with Crippen molar-refractivity contribution in [1.82, 2.24) is 0 Å². The van der Waals surface area contributed by atoms with Gasteiger partial charge in [-0.05, 0) is 12.1 Å². The highest BCUT2D eigenvalue weighted by atomic mass is 31.1. The molecule has 0 aliphatic carbocycles. The largest absolute Gasteiger partial charge is 0.478 e. The van der Waals surface area contributed by atoms with Crippen LogP contribution in [0, 0.1) is 0 Å². The maximum atomic E-state index is 11.6. The van der Waals surface area contributed by atoms with Gasteiger partial charge in [0.1, 0.15) is 6.61 Å². The molecule has 1 unspecified atom stereocenters. The standard InChI is InChI=1S/C9H9O4P/c10-6-8(9(11)12)14(13)7-4-2-1-3-5-7/h1-5,8,10H,6H2/p+1/t8-/m1/s1. The predicted molar refractivity (Wildman–Crippen MR) is 52.2 cm³/mol. The van der Waals surface area contributed by atoms with Gasteiger partial charge in [-0.1, -0.05) is 22.8 Å². The SMILES string of the molecule is O=C(O)[C@@H](CO)[P+](=O)c1ccccc1. The first-order valence-electron chi connectivity index (χ1n) is 4.02. The number of hydrogen-bond donors (Lipinski definition) is 2. The summed E-state index contributed by atoms with van der Waals surface area (Å²) in [6.07, 6.45) is 0. The summed E-state index contributed by atoms with van der Waals surface area (Å²) in [6, 6.07) is 8.29. The van der Waals surface area contributed by atoms with Gasteiger partial charge in [0.15, 0.2) is 5.30 Å². The molecule has 0 fully saturated rings. The highest BCUT2D eigenvalue weighted by Gasteiger charge is 2.38. The average Bonchev–Trinajstić information content (AvgIpc) is 2.19. The van der Waals surface area contributed by atoms with Crippen LogP contribution < -0.4 is 5.30 Å². The van der Waals surface area contributed by atoms with Crippen LogP contribution in [0.1, 0.15) is 0 Å². The third kappa shape index (κ3) is 2.37. The molecule has 0 aliphatic rings. The average molecular weight is 213 g/mol. The van der Waals surface area contributed by atoms with Gasteiger partial charge in [-0.25, -0.2) is 4.79 Å². The lowest BCUT2D eigenvalue weighted by molar-refractivity contribution is -0.137. The number of carboxylic acids is 1. The van der Waals surface area contributed by atoms with E-state index in [1.54, 1.807) is 30.3 Å². The third-order valence-electron chi connectivity index (χ3n) is 1.75. The van der Waals surface area contributed by atoms with Gasteiger partial charge in [-0.2, -0.15) is 0 Å². The van der Waals surface area contributed by atoms with Crippen molar-refractivity contribution in [1.29, 1.82) is 0 Å². The third-order valence-corrected chi connectivity index (χ3v) is 3.51. The molecule has 0 aliphatic heterocycles. The summed E-state index contributed by atoms with van der Waals surface area (Å²) >= 11 is 0. The molecular formula is C9H10O4P+. The van der Waals surface area contributed by atoms with Crippen molar-refractivity contribution in [2.24, 2.45) is 0 Å². The summed E-state index contributed by atoms with van der Waals surface area (Å²) in [6.45, 7) is -0.612. The van der Waals surface area contributed by atoms with E-state index in [9.17, 15) is 9.36 Å². The maximum absolute atomic E-state index is 11.6. The molecule has 1 aromatic carbocycles. The summed E-state index contributed by atoms with van der Waals surface area (Å²) < 4.78 is 11.6. The number of hydrogen-bond acceptors (Lipinski definition) is 3. The van der Waals surface area contributed by atoms with Crippen molar-refractivity contribution in [3.8, 4) is 0 Å². The van der Waals surface area contributed by atoms with Gasteiger partial charge in [-0.15, -0.1) is 0 Å².